The first-order chi connectivity index (χ1) is 13.5. The van der Waals surface area contributed by atoms with Gasteiger partial charge in [-0.1, -0.05) is 36.4 Å². The largest absolute Gasteiger partial charge is 0.495 e. The van der Waals surface area contributed by atoms with Crippen molar-refractivity contribution in [3.63, 3.8) is 0 Å². The van der Waals surface area contributed by atoms with E-state index in [0.29, 0.717) is 22.8 Å². The third-order valence-corrected chi connectivity index (χ3v) is 4.26. The second kappa shape index (κ2) is 8.43. The second-order valence-corrected chi connectivity index (χ2v) is 6.28. The number of furan rings is 1. The molecule has 1 amide bonds. The molecule has 0 saturated carbocycles. The fourth-order valence-corrected chi connectivity index (χ4v) is 2.79. The fraction of sp³-hybridized carbons (Fsp3) is 0.182. The fourth-order valence-electron chi connectivity index (χ4n) is 2.79. The van der Waals surface area contributed by atoms with Crippen molar-refractivity contribution < 1.29 is 23.5 Å². The van der Waals surface area contributed by atoms with Crippen molar-refractivity contribution in [2.45, 2.75) is 20.0 Å². The van der Waals surface area contributed by atoms with Crippen molar-refractivity contribution in [1.82, 2.24) is 0 Å². The van der Waals surface area contributed by atoms with E-state index in [1.54, 1.807) is 43.3 Å². The molecule has 0 fully saturated rings. The van der Waals surface area contributed by atoms with Gasteiger partial charge in [-0.3, -0.25) is 4.79 Å². The summed E-state index contributed by atoms with van der Waals surface area (Å²) in [6.45, 7) is 3.57. The lowest BCUT2D eigenvalue weighted by atomic mass is 10.1. The van der Waals surface area contributed by atoms with E-state index in [2.05, 4.69) is 5.32 Å². The zero-order chi connectivity index (χ0) is 20.1. The van der Waals surface area contributed by atoms with Gasteiger partial charge in [0.05, 0.1) is 19.1 Å². The summed E-state index contributed by atoms with van der Waals surface area (Å²) in [6.07, 6.45) is 0.273. The normalized spacial score (nSPS) is 11.5. The number of anilines is 1. The maximum absolute atomic E-state index is 13.0. The van der Waals surface area contributed by atoms with Gasteiger partial charge >= 0.3 is 5.97 Å². The summed E-state index contributed by atoms with van der Waals surface area (Å²) in [5.41, 5.74) is 2.30. The van der Waals surface area contributed by atoms with Crippen LogP contribution in [-0.4, -0.2) is 19.0 Å². The van der Waals surface area contributed by atoms with E-state index >= 15 is 0 Å². The third kappa shape index (κ3) is 4.23. The molecule has 6 nitrogen and oxygen atoms in total. The molecule has 3 aromatic rings. The van der Waals surface area contributed by atoms with Crippen LogP contribution >= 0.6 is 0 Å². The number of benzene rings is 2. The highest BCUT2D eigenvalue weighted by Gasteiger charge is 2.27. The molecule has 0 aliphatic carbocycles. The number of hydrogen-bond acceptors (Lipinski definition) is 5. The quantitative estimate of drug-likeness (QED) is 0.641. The van der Waals surface area contributed by atoms with Crippen LogP contribution in [0.3, 0.4) is 0 Å². The maximum atomic E-state index is 13.0. The van der Waals surface area contributed by atoms with Crippen LogP contribution in [0, 0.1) is 13.8 Å². The number of amides is 1. The lowest BCUT2D eigenvalue weighted by Crippen LogP contribution is -2.26. The van der Waals surface area contributed by atoms with Gasteiger partial charge in [-0.15, -0.1) is 0 Å². The smallest absolute Gasteiger partial charge is 0.342 e. The number of esters is 1. The van der Waals surface area contributed by atoms with Crippen molar-refractivity contribution >= 4 is 17.6 Å². The zero-order valence-corrected chi connectivity index (χ0v) is 15.9. The first-order valence-electron chi connectivity index (χ1n) is 8.75. The molecular weight excluding hydrogens is 358 g/mol. The Bertz CT molecular complexity index is 978. The van der Waals surface area contributed by atoms with Crippen LogP contribution in [0.5, 0.6) is 5.75 Å². The maximum Gasteiger partial charge on any atom is 0.342 e. The van der Waals surface area contributed by atoms with Gasteiger partial charge in [0.25, 0.3) is 5.91 Å². The van der Waals surface area contributed by atoms with Crippen molar-refractivity contribution in [2.24, 2.45) is 0 Å². The van der Waals surface area contributed by atoms with Gasteiger partial charge in [-0.2, -0.15) is 0 Å². The summed E-state index contributed by atoms with van der Waals surface area (Å²) in [5.74, 6) is -0.170. The summed E-state index contributed by atoms with van der Waals surface area (Å²) < 4.78 is 16.0. The minimum absolute atomic E-state index is 0.280. The highest BCUT2D eigenvalue weighted by molar-refractivity contribution is 5.99. The molecule has 0 bridgehead atoms. The Hall–Kier alpha value is -3.54. The van der Waals surface area contributed by atoms with Gasteiger partial charge < -0.3 is 19.2 Å². The second-order valence-electron chi connectivity index (χ2n) is 6.28. The number of aryl methyl sites for hydroxylation is 2. The summed E-state index contributed by atoms with van der Waals surface area (Å²) >= 11 is 0. The molecule has 1 heterocycles. The first kappa shape index (κ1) is 19.2. The number of carbonyl (C=O) groups is 2. The number of rotatable bonds is 6. The van der Waals surface area contributed by atoms with Crippen LogP contribution in [0.2, 0.25) is 0 Å². The van der Waals surface area contributed by atoms with Crippen LogP contribution < -0.4 is 10.1 Å². The Morgan fingerprint density at radius 1 is 1.04 bits per heavy atom. The number of carbonyl (C=O) groups excluding carboxylic acids is 2. The number of methoxy groups -OCH3 is 1. The van der Waals surface area contributed by atoms with E-state index in [-0.39, 0.29) is 5.56 Å². The van der Waals surface area contributed by atoms with E-state index in [0.717, 1.165) is 5.56 Å². The molecule has 28 heavy (non-hydrogen) atoms. The van der Waals surface area contributed by atoms with E-state index in [1.807, 2.05) is 19.1 Å². The highest BCUT2D eigenvalue weighted by atomic mass is 16.5. The van der Waals surface area contributed by atoms with Crippen molar-refractivity contribution in [1.29, 1.82) is 0 Å². The molecule has 0 aliphatic heterocycles. The lowest BCUT2D eigenvalue weighted by Gasteiger charge is -2.19. The number of nitrogens with one attached hydrogen (secondary N) is 1. The molecule has 1 atom stereocenters. The van der Waals surface area contributed by atoms with Crippen LogP contribution in [0.25, 0.3) is 0 Å². The molecule has 2 aromatic carbocycles. The molecule has 6 heteroatoms. The van der Waals surface area contributed by atoms with Crippen LogP contribution in [-0.2, 0) is 9.53 Å². The molecule has 1 unspecified atom stereocenters. The molecule has 0 spiro atoms. The highest BCUT2D eigenvalue weighted by Crippen LogP contribution is 2.28. The third-order valence-electron chi connectivity index (χ3n) is 4.26. The van der Waals surface area contributed by atoms with E-state index < -0.39 is 18.0 Å². The van der Waals surface area contributed by atoms with Gasteiger partial charge in [-0.05, 0) is 37.6 Å². The van der Waals surface area contributed by atoms with Gasteiger partial charge in [0.15, 0.2) is 0 Å². The minimum atomic E-state index is -1.13. The van der Waals surface area contributed by atoms with Gasteiger partial charge in [0.2, 0.25) is 6.10 Å². The molecule has 0 aliphatic rings. The van der Waals surface area contributed by atoms with Crippen molar-refractivity contribution in [3.8, 4) is 5.75 Å². The average Bonchev–Trinajstić information content (AvgIpc) is 3.13. The van der Waals surface area contributed by atoms with Gasteiger partial charge in [0.1, 0.15) is 17.1 Å². The lowest BCUT2D eigenvalue weighted by molar-refractivity contribution is -0.125. The minimum Gasteiger partial charge on any atom is -0.495 e. The molecule has 144 valence electrons. The predicted molar refractivity (Wildman–Crippen MR) is 104 cm³/mol. The molecule has 1 aromatic heterocycles. The van der Waals surface area contributed by atoms with Crippen LogP contribution in [0.15, 0.2) is 65.3 Å². The van der Waals surface area contributed by atoms with E-state index in [1.165, 1.54) is 19.4 Å². The van der Waals surface area contributed by atoms with Gasteiger partial charge in [-0.25, -0.2) is 4.79 Å². The predicted octanol–water partition coefficient (Wildman–Crippen LogP) is 4.44. The molecule has 0 radical (unpaired) electrons. The van der Waals surface area contributed by atoms with Crippen LogP contribution in [0.4, 0.5) is 5.69 Å². The number of hydrogen-bond donors (Lipinski definition) is 1. The summed E-state index contributed by atoms with van der Waals surface area (Å²) in [5, 5.41) is 2.80. The zero-order valence-electron chi connectivity index (χ0n) is 15.9. The monoisotopic (exact) mass is 379 g/mol. The van der Waals surface area contributed by atoms with Crippen molar-refractivity contribution in [3.05, 3.63) is 83.3 Å². The Morgan fingerprint density at radius 3 is 2.43 bits per heavy atom. The SMILES string of the molecule is COc1ccc(C)cc1NC(=O)C(OC(=O)c1ccoc1C)c1ccccc1. The van der Waals surface area contributed by atoms with E-state index in [9.17, 15) is 9.59 Å². The average molecular weight is 379 g/mol. The Kier molecular flexibility index (Phi) is 5.79. The molecule has 0 saturated heterocycles. The Balaban J connectivity index is 1.89. The molecular formula is C22H21NO5. The summed E-state index contributed by atoms with van der Waals surface area (Å²) in [7, 11) is 1.52. The molecule has 1 N–H and O–H groups in total. The summed E-state index contributed by atoms with van der Waals surface area (Å²) in [6, 6.07) is 15.8. The standard InChI is InChI=1S/C22H21NO5/c1-14-9-10-19(26-3)18(13-14)23-21(24)20(16-7-5-4-6-8-16)28-22(25)17-11-12-27-15(17)2/h4-13,20H,1-3H3,(H,23,24). The molecule has 3 rings (SSSR count). The van der Waals surface area contributed by atoms with E-state index in [4.69, 9.17) is 13.9 Å². The topological polar surface area (TPSA) is 77.8 Å². The number of ether oxygens (including phenoxy) is 2. The van der Waals surface area contributed by atoms with Crippen molar-refractivity contribution in [2.75, 3.05) is 12.4 Å². The Labute approximate surface area is 163 Å². The Morgan fingerprint density at radius 2 is 1.79 bits per heavy atom. The van der Waals surface area contributed by atoms with Gasteiger partial charge in [0, 0.05) is 5.56 Å². The summed E-state index contributed by atoms with van der Waals surface area (Å²) in [4.78, 5) is 25.6. The van der Waals surface area contributed by atoms with Crippen LogP contribution in [0.1, 0.15) is 33.3 Å². The first-order valence-corrected chi connectivity index (χ1v) is 8.75.